The van der Waals surface area contributed by atoms with Gasteiger partial charge in [-0.3, -0.25) is 9.59 Å². The zero-order chi connectivity index (χ0) is 31.3. The van der Waals surface area contributed by atoms with Crippen molar-refractivity contribution < 1.29 is 29.3 Å². The highest BCUT2D eigenvalue weighted by atomic mass is 16.5. The van der Waals surface area contributed by atoms with E-state index in [1.807, 2.05) is 36.4 Å². The average Bonchev–Trinajstić information content (AvgIpc) is 3.02. The lowest BCUT2D eigenvalue weighted by Crippen LogP contribution is -2.47. The number of ether oxygens (including phenoxy) is 2. The van der Waals surface area contributed by atoms with Crippen LogP contribution < -0.4 is 9.47 Å². The van der Waals surface area contributed by atoms with Crippen LogP contribution in [0.3, 0.4) is 0 Å². The molecule has 0 saturated carbocycles. The number of rotatable bonds is 22. The number of carbonyl (C=O) groups is 2. The summed E-state index contributed by atoms with van der Waals surface area (Å²) in [6, 6.07) is 11.7. The average molecular weight is 607 g/mol. The van der Waals surface area contributed by atoms with Gasteiger partial charge < -0.3 is 19.7 Å². The van der Waals surface area contributed by atoms with E-state index in [0.717, 1.165) is 59.4 Å². The van der Waals surface area contributed by atoms with Crippen molar-refractivity contribution in [3.63, 3.8) is 0 Å². The topological polar surface area (TPSA) is 93.1 Å². The van der Waals surface area contributed by atoms with Crippen molar-refractivity contribution in [2.45, 2.75) is 128 Å². The van der Waals surface area contributed by atoms with Crippen molar-refractivity contribution in [1.29, 1.82) is 0 Å². The molecule has 0 heterocycles. The fourth-order valence-electron chi connectivity index (χ4n) is 7.36. The normalized spacial score (nSPS) is 19.8. The maximum absolute atomic E-state index is 12.6. The molecule has 5 rings (SSSR count). The van der Waals surface area contributed by atoms with E-state index in [2.05, 4.69) is 13.8 Å². The van der Waals surface area contributed by atoms with Crippen LogP contribution in [-0.4, -0.2) is 35.4 Å². The van der Waals surface area contributed by atoms with E-state index >= 15 is 0 Å². The van der Waals surface area contributed by atoms with Gasteiger partial charge in [0, 0.05) is 11.8 Å². The van der Waals surface area contributed by atoms with Gasteiger partial charge in [0.15, 0.2) is 0 Å². The summed E-state index contributed by atoms with van der Waals surface area (Å²) in [6.07, 6.45) is 19.7. The Labute approximate surface area is 264 Å². The second-order valence-electron chi connectivity index (χ2n) is 12.9. The Morgan fingerprint density at radius 2 is 0.864 bits per heavy atom. The first-order chi connectivity index (χ1) is 21.5. The van der Waals surface area contributed by atoms with Gasteiger partial charge in [-0.15, -0.1) is 0 Å². The van der Waals surface area contributed by atoms with Crippen LogP contribution in [0, 0.1) is 11.8 Å². The first-order valence-electron chi connectivity index (χ1n) is 17.5. The Hall–Kier alpha value is -3.02. The molecular formula is C38H54O6. The molecule has 0 aliphatic heterocycles. The number of hydrogen-bond acceptors (Lipinski definition) is 4. The second kappa shape index (κ2) is 17.5. The number of benzene rings is 2. The molecule has 6 heteroatoms. The van der Waals surface area contributed by atoms with Crippen LogP contribution in [0.2, 0.25) is 0 Å². The molecule has 3 aliphatic rings. The van der Waals surface area contributed by atoms with E-state index in [9.17, 15) is 19.8 Å². The summed E-state index contributed by atoms with van der Waals surface area (Å²) < 4.78 is 12.2. The van der Waals surface area contributed by atoms with Gasteiger partial charge in [-0.2, -0.15) is 0 Å². The molecule has 6 nitrogen and oxygen atoms in total. The summed E-state index contributed by atoms with van der Waals surface area (Å²) in [7, 11) is 0. The fraction of sp³-hybridized carbons (Fsp3) is 0.632. The van der Waals surface area contributed by atoms with Gasteiger partial charge in [-0.1, -0.05) is 116 Å². The minimum Gasteiger partial charge on any atom is -0.494 e. The molecule has 242 valence electrons. The van der Waals surface area contributed by atoms with Gasteiger partial charge in [0.2, 0.25) is 0 Å². The van der Waals surface area contributed by atoms with Crippen LogP contribution in [0.1, 0.15) is 151 Å². The zero-order valence-electron chi connectivity index (χ0n) is 27.0. The van der Waals surface area contributed by atoms with Gasteiger partial charge in [-0.05, 0) is 59.4 Å². The van der Waals surface area contributed by atoms with Gasteiger partial charge in [0.25, 0.3) is 0 Å². The Balaban J connectivity index is 1.41. The molecule has 44 heavy (non-hydrogen) atoms. The summed E-state index contributed by atoms with van der Waals surface area (Å²) >= 11 is 0. The summed E-state index contributed by atoms with van der Waals surface area (Å²) in [4.78, 5) is 25.1. The van der Waals surface area contributed by atoms with E-state index in [1.54, 1.807) is 0 Å². The largest absolute Gasteiger partial charge is 0.494 e. The smallest absolute Gasteiger partial charge is 0.308 e. The highest BCUT2D eigenvalue weighted by molar-refractivity contribution is 5.86. The van der Waals surface area contributed by atoms with Crippen molar-refractivity contribution in [1.82, 2.24) is 0 Å². The van der Waals surface area contributed by atoms with E-state index in [0.29, 0.717) is 13.2 Å². The Morgan fingerprint density at radius 3 is 1.20 bits per heavy atom. The minimum atomic E-state index is -1.07. The second-order valence-corrected chi connectivity index (χ2v) is 12.9. The number of fused-ring (bicyclic) bond motifs is 1. The number of hydrogen-bond donors (Lipinski definition) is 2. The van der Waals surface area contributed by atoms with E-state index in [-0.39, 0.29) is 0 Å². The highest BCUT2D eigenvalue weighted by Gasteiger charge is 2.56. The number of carboxylic acids is 2. The molecule has 4 atom stereocenters. The Bertz CT molecular complexity index is 1110. The summed E-state index contributed by atoms with van der Waals surface area (Å²) in [5, 5.41) is 20.5. The zero-order valence-corrected chi connectivity index (χ0v) is 27.0. The minimum absolute atomic E-state index is 0.544. The molecule has 3 aliphatic carbocycles. The van der Waals surface area contributed by atoms with Crippen molar-refractivity contribution in [3.05, 3.63) is 58.7 Å². The first-order valence-corrected chi connectivity index (χ1v) is 17.5. The quantitative estimate of drug-likeness (QED) is 0.130. The molecule has 0 aromatic heterocycles. The molecular weight excluding hydrogens is 552 g/mol. The molecule has 2 bridgehead atoms. The van der Waals surface area contributed by atoms with Crippen LogP contribution >= 0.6 is 0 Å². The molecule has 0 fully saturated rings. The summed E-state index contributed by atoms with van der Waals surface area (Å²) in [6.45, 7) is 5.72. The molecule has 0 unspecified atom stereocenters. The van der Waals surface area contributed by atoms with Gasteiger partial charge in [0.05, 0.1) is 25.0 Å². The maximum Gasteiger partial charge on any atom is 0.308 e. The van der Waals surface area contributed by atoms with Crippen molar-refractivity contribution >= 4 is 11.9 Å². The summed E-state index contributed by atoms with van der Waals surface area (Å²) in [5.41, 5.74) is 3.56. The Morgan fingerprint density at radius 1 is 0.523 bits per heavy atom. The number of aliphatic carboxylic acids is 2. The van der Waals surface area contributed by atoms with Crippen LogP contribution in [0.5, 0.6) is 11.5 Å². The monoisotopic (exact) mass is 606 g/mol. The van der Waals surface area contributed by atoms with Crippen LogP contribution in [0.4, 0.5) is 0 Å². The lowest BCUT2D eigenvalue weighted by molar-refractivity contribution is -0.156. The molecule has 0 amide bonds. The number of unbranched alkanes of at least 4 members (excludes halogenated alkanes) is 14. The van der Waals surface area contributed by atoms with E-state index in [4.69, 9.17) is 9.47 Å². The van der Waals surface area contributed by atoms with Crippen molar-refractivity contribution in [3.8, 4) is 11.5 Å². The fourth-order valence-corrected chi connectivity index (χ4v) is 7.36. The SMILES string of the molecule is CCCCCCCCCCOc1ccc2c(c1)[C@H]1c3ccc(OCCCCCCCCCC)cc3[C@@H]2[C@@H](C(=O)O)[C@@H]1C(=O)O. The van der Waals surface area contributed by atoms with Gasteiger partial charge >= 0.3 is 11.9 Å². The maximum atomic E-state index is 12.6. The van der Waals surface area contributed by atoms with Gasteiger partial charge in [0.1, 0.15) is 11.5 Å². The lowest BCUT2D eigenvalue weighted by atomic mass is 9.54. The van der Waals surface area contributed by atoms with Crippen molar-refractivity contribution in [2.75, 3.05) is 13.2 Å². The lowest BCUT2D eigenvalue weighted by Gasteiger charge is -2.47. The molecule has 2 N–H and O–H groups in total. The third-order valence-corrected chi connectivity index (χ3v) is 9.67. The number of carboxylic acid groups (broad SMARTS) is 2. The standard InChI is InChI=1S/C38H54O6/c1-3-5-7-9-11-13-15-17-23-43-27-19-21-29-31(25-27)33-30-22-20-28(44-24-18-16-14-12-10-8-6-4-2)26-32(30)34(29)36(38(41)42)35(33)37(39)40/h19-22,25-26,33-36H,3-18,23-24H2,1-2H3,(H,39,40)(H,41,42)/t33-,34-,35-,36-/m1/s1. The third-order valence-electron chi connectivity index (χ3n) is 9.67. The van der Waals surface area contributed by atoms with Crippen molar-refractivity contribution in [2.24, 2.45) is 11.8 Å². The Kier molecular flexibility index (Phi) is 13.4. The highest BCUT2D eigenvalue weighted by Crippen LogP contribution is 2.59. The predicted octanol–water partition coefficient (Wildman–Crippen LogP) is 9.72. The van der Waals surface area contributed by atoms with E-state index < -0.39 is 35.6 Å². The molecule has 2 aromatic rings. The van der Waals surface area contributed by atoms with Gasteiger partial charge in [-0.25, -0.2) is 0 Å². The molecule has 2 aromatic carbocycles. The van der Waals surface area contributed by atoms with Crippen LogP contribution in [0.25, 0.3) is 0 Å². The third kappa shape index (κ3) is 8.57. The summed E-state index contributed by atoms with van der Waals surface area (Å²) in [5.74, 6) is -3.85. The predicted molar refractivity (Wildman–Crippen MR) is 175 cm³/mol. The molecule has 0 saturated heterocycles. The van der Waals surface area contributed by atoms with Crippen LogP contribution in [-0.2, 0) is 9.59 Å². The first kappa shape index (κ1) is 33.9. The molecule has 0 radical (unpaired) electrons. The van der Waals surface area contributed by atoms with E-state index in [1.165, 1.54) is 77.0 Å². The molecule has 0 spiro atoms. The van der Waals surface area contributed by atoms with Crippen LogP contribution in [0.15, 0.2) is 36.4 Å².